The van der Waals surface area contributed by atoms with Gasteiger partial charge in [0.25, 0.3) is 0 Å². The zero-order valence-electron chi connectivity index (χ0n) is 11.1. The van der Waals surface area contributed by atoms with Gasteiger partial charge in [0.2, 0.25) is 5.89 Å². The molecule has 0 spiro atoms. The van der Waals surface area contributed by atoms with Gasteiger partial charge in [-0.2, -0.15) is 4.98 Å². The molecule has 1 fully saturated rings. The Morgan fingerprint density at radius 2 is 2.12 bits per heavy atom. The Bertz CT molecular complexity index is 348. The standard InChI is InChI=1S/C13H23N3O/c1-9(2)8-12-15-13(17-16-12)10-6-4-5-7-11(10)14-3/h9-11,14H,4-8H2,1-3H3. The summed E-state index contributed by atoms with van der Waals surface area (Å²) in [5.74, 6) is 2.67. The average molecular weight is 237 g/mol. The Labute approximate surface area is 103 Å². The number of hydrogen-bond acceptors (Lipinski definition) is 4. The maximum absolute atomic E-state index is 5.44. The van der Waals surface area contributed by atoms with Crippen molar-refractivity contribution in [1.82, 2.24) is 15.5 Å². The van der Waals surface area contributed by atoms with E-state index in [1.807, 2.05) is 7.05 Å². The van der Waals surface area contributed by atoms with Crippen LogP contribution in [0.4, 0.5) is 0 Å². The fraction of sp³-hybridized carbons (Fsp3) is 0.846. The lowest BCUT2D eigenvalue weighted by molar-refractivity contribution is 0.269. The van der Waals surface area contributed by atoms with Crippen LogP contribution in [0.2, 0.25) is 0 Å². The van der Waals surface area contributed by atoms with Crippen LogP contribution in [-0.2, 0) is 6.42 Å². The van der Waals surface area contributed by atoms with E-state index in [-0.39, 0.29) is 0 Å². The van der Waals surface area contributed by atoms with Gasteiger partial charge in [-0.3, -0.25) is 0 Å². The molecule has 4 heteroatoms. The van der Waals surface area contributed by atoms with Crippen molar-refractivity contribution in [3.05, 3.63) is 11.7 Å². The number of likely N-dealkylation sites (N-methyl/N-ethyl adjacent to an activating group) is 1. The van der Waals surface area contributed by atoms with Gasteiger partial charge in [0.05, 0.1) is 5.92 Å². The van der Waals surface area contributed by atoms with E-state index in [4.69, 9.17) is 4.52 Å². The third-order valence-corrected chi connectivity index (χ3v) is 3.53. The fourth-order valence-electron chi connectivity index (χ4n) is 2.64. The van der Waals surface area contributed by atoms with Gasteiger partial charge in [0.1, 0.15) is 0 Å². The summed E-state index contributed by atoms with van der Waals surface area (Å²) in [5.41, 5.74) is 0. The number of rotatable bonds is 4. The van der Waals surface area contributed by atoms with E-state index >= 15 is 0 Å². The Balaban J connectivity index is 2.07. The average Bonchev–Trinajstić information content (AvgIpc) is 2.76. The van der Waals surface area contributed by atoms with Gasteiger partial charge in [0.15, 0.2) is 5.82 Å². The Morgan fingerprint density at radius 3 is 2.82 bits per heavy atom. The third-order valence-electron chi connectivity index (χ3n) is 3.53. The number of nitrogens with zero attached hydrogens (tertiary/aromatic N) is 2. The van der Waals surface area contributed by atoms with Crippen LogP contribution in [0.5, 0.6) is 0 Å². The van der Waals surface area contributed by atoms with Crippen molar-refractivity contribution in [2.45, 2.75) is 57.9 Å². The molecule has 1 saturated carbocycles. The molecule has 2 rings (SSSR count). The molecule has 1 aliphatic carbocycles. The second-order valence-electron chi connectivity index (χ2n) is 5.43. The molecule has 0 aromatic carbocycles. The van der Waals surface area contributed by atoms with Crippen molar-refractivity contribution in [3.8, 4) is 0 Å². The summed E-state index contributed by atoms with van der Waals surface area (Å²) in [5, 5.41) is 7.46. The smallest absolute Gasteiger partial charge is 0.231 e. The quantitative estimate of drug-likeness (QED) is 0.874. The van der Waals surface area contributed by atoms with Gasteiger partial charge in [-0.25, -0.2) is 0 Å². The molecule has 1 heterocycles. The summed E-state index contributed by atoms with van der Waals surface area (Å²) in [4.78, 5) is 4.55. The highest BCUT2D eigenvalue weighted by atomic mass is 16.5. The van der Waals surface area contributed by atoms with Crippen molar-refractivity contribution in [2.24, 2.45) is 5.92 Å². The van der Waals surface area contributed by atoms with Crippen molar-refractivity contribution >= 4 is 0 Å². The van der Waals surface area contributed by atoms with Crippen LogP contribution >= 0.6 is 0 Å². The molecule has 1 N–H and O–H groups in total. The van der Waals surface area contributed by atoms with Crippen LogP contribution in [0.25, 0.3) is 0 Å². The molecule has 17 heavy (non-hydrogen) atoms. The second-order valence-corrected chi connectivity index (χ2v) is 5.43. The summed E-state index contributed by atoms with van der Waals surface area (Å²) < 4.78 is 5.44. The van der Waals surface area contributed by atoms with Crippen LogP contribution in [0.1, 0.15) is 57.2 Å². The molecular formula is C13H23N3O. The summed E-state index contributed by atoms with van der Waals surface area (Å²) in [7, 11) is 2.02. The van der Waals surface area contributed by atoms with Crippen LogP contribution in [0.15, 0.2) is 4.52 Å². The zero-order valence-corrected chi connectivity index (χ0v) is 11.1. The largest absolute Gasteiger partial charge is 0.339 e. The van der Waals surface area contributed by atoms with Crippen molar-refractivity contribution < 1.29 is 4.52 Å². The first-order chi connectivity index (χ1) is 8.20. The highest BCUT2D eigenvalue weighted by molar-refractivity contribution is 5.01. The van der Waals surface area contributed by atoms with E-state index < -0.39 is 0 Å². The van der Waals surface area contributed by atoms with E-state index in [9.17, 15) is 0 Å². The summed E-state index contributed by atoms with van der Waals surface area (Å²) in [6.45, 7) is 4.35. The lowest BCUT2D eigenvalue weighted by atomic mass is 9.84. The molecule has 4 nitrogen and oxygen atoms in total. The highest BCUT2D eigenvalue weighted by Crippen LogP contribution is 2.32. The number of hydrogen-bond donors (Lipinski definition) is 1. The Morgan fingerprint density at radius 1 is 1.35 bits per heavy atom. The molecule has 0 saturated heterocycles. The Kier molecular flexibility index (Phi) is 4.15. The number of nitrogens with one attached hydrogen (secondary N) is 1. The minimum absolute atomic E-state index is 0.405. The molecule has 0 radical (unpaired) electrons. The molecular weight excluding hydrogens is 214 g/mol. The molecule has 0 amide bonds. The lowest BCUT2D eigenvalue weighted by Crippen LogP contribution is -2.34. The van der Waals surface area contributed by atoms with Crippen molar-refractivity contribution in [1.29, 1.82) is 0 Å². The fourth-order valence-corrected chi connectivity index (χ4v) is 2.64. The highest BCUT2D eigenvalue weighted by Gasteiger charge is 2.29. The maximum atomic E-state index is 5.44. The minimum Gasteiger partial charge on any atom is -0.339 e. The minimum atomic E-state index is 0.405. The molecule has 96 valence electrons. The SMILES string of the molecule is CNC1CCCCC1c1nc(CC(C)C)no1. The third kappa shape index (κ3) is 3.06. The zero-order chi connectivity index (χ0) is 12.3. The predicted octanol–water partition coefficient (Wildman–Crippen LogP) is 2.51. The van der Waals surface area contributed by atoms with E-state index in [1.165, 1.54) is 19.3 Å². The topological polar surface area (TPSA) is 51.0 Å². The van der Waals surface area contributed by atoms with E-state index in [0.29, 0.717) is 17.9 Å². The van der Waals surface area contributed by atoms with Gasteiger partial charge in [0, 0.05) is 12.5 Å². The van der Waals surface area contributed by atoms with Crippen LogP contribution in [0, 0.1) is 5.92 Å². The van der Waals surface area contributed by atoms with Gasteiger partial charge in [-0.05, 0) is 25.8 Å². The molecule has 2 unspecified atom stereocenters. The van der Waals surface area contributed by atoms with Crippen LogP contribution < -0.4 is 5.32 Å². The van der Waals surface area contributed by atoms with Gasteiger partial charge >= 0.3 is 0 Å². The molecule has 0 aliphatic heterocycles. The first-order valence-corrected chi connectivity index (χ1v) is 6.70. The van der Waals surface area contributed by atoms with Crippen LogP contribution in [-0.4, -0.2) is 23.2 Å². The van der Waals surface area contributed by atoms with Gasteiger partial charge < -0.3 is 9.84 Å². The summed E-state index contributed by atoms with van der Waals surface area (Å²) in [6.07, 6.45) is 5.85. The van der Waals surface area contributed by atoms with E-state index in [1.54, 1.807) is 0 Å². The van der Waals surface area contributed by atoms with E-state index in [2.05, 4.69) is 29.3 Å². The molecule has 0 bridgehead atoms. The lowest BCUT2D eigenvalue weighted by Gasteiger charge is -2.28. The van der Waals surface area contributed by atoms with Gasteiger partial charge in [-0.1, -0.05) is 31.8 Å². The summed E-state index contributed by atoms with van der Waals surface area (Å²) >= 11 is 0. The summed E-state index contributed by atoms with van der Waals surface area (Å²) in [6, 6.07) is 0.496. The Hall–Kier alpha value is -0.900. The second kappa shape index (κ2) is 5.63. The molecule has 1 aromatic heterocycles. The van der Waals surface area contributed by atoms with E-state index in [0.717, 1.165) is 24.6 Å². The molecule has 1 aliphatic rings. The molecule has 1 aromatic rings. The number of aromatic nitrogens is 2. The monoisotopic (exact) mass is 237 g/mol. The predicted molar refractivity (Wildman–Crippen MR) is 66.9 cm³/mol. The van der Waals surface area contributed by atoms with Crippen LogP contribution in [0.3, 0.4) is 0 Å². The van der Waals surface area contributed by atoms with Crippen molar-refractivity contribution in [2.75, 3.05) is 7.05 Å². The normalized spacial score (nSPS) is 25.4. The van der Waals surface area contributed by atoms with Gasteiger partial charge in [-0.15, -0.1) is 0 Å². The molecule has 2 atom stereocenters. The first-order valence-electron chi connectivity index (χ1n) is 6.70. The maximum Gasteiger partial charge on any atom is 0.231 e. The van der Waals surface area contributed by atoms with Crippen molar-refractivity contribution in [3.63, 3.8) is 0 Å². The first kappa shape index (κ1) is 12.6.